The van der Waals surface area contributed by atoms with Crippen molar-refractivity contribution in [2.75, 3.05) is 20.3 Å². The van der Waals surface area contributed by atoms with E-state index in [1.165, 1.54) is 0 Å². The Morgan fingerprint density at radius 1 is 1.25 bits per heavy atom. The lowest BCUT2D eigenvalue weighted by Crippen LogP contribution is -2.41. The number of benzene rings is 1. The van der Waals surface area contributed by atoms with Gasteiger partial charge in [0.05, 0.1) is 13.2 Å². The monoisotopic (exact) mass is 329 g/mol. The third kappa shape index (κ3) is 4.68. The Bertz CT molecular complexity index is 604. The van der Waals surface area contributed by atoms with Crippen molar-refractivity contribution in [2.24, 2.45) is 0 Å². The number of carbonyl (C=O) groups excluding carboxylic acids is 1. The van der Waals surface area contributed by atoms with Gasteiger partial charge in [-0.05, 0) is 36.6 Å². The number of hydrogen-bond donors (Lipinski definition) is 0. The van der Waals surface area contributed by atoms with Crippen LogP contribution in [0.3, 0.4) is 0 Å². The molecule has 1 amide bonds. The third-order valence-corrected chi connectivity index (χ3v) is 4.29. The van der Waals surface area contributed by atoms with E-state index in [-0.39, 0.29) is 11.9 Å². The minimum atomic E-state index is 0.0754. The summed E-state index contributed by atoms with van der Waals surface area (Å²) in [6.45, 7) is 6.13. The predicted octanol–water partition coefficient (Wildman–Crippen LogP) is 3.21. The highest BCUT2D eigenvalue weighted by Gasteiger charge is 2.22. The van der Waals surface area contributed by atoms with Gasteiger partial charge in [0.2, 0.25) is 0 Å². The van der Waals surface area contributed by atoms with Gasteiger partial charge < -0.3 is 9.64 Å². The molecule has 1 heterocycles. The third-order valence-electron chi connectivity index (χ3n) is 4.29. The number of amides is 1. The molecule has 0 aliphatic rings. The molecule has 0 aliphatic carbocycles. The van der Waals surface area contributed by atoms with Crippen molar-refractivity contribution in [1.82, 2.24) is 14.7 Å². The quantitative estimate of drug-likeness (QED) is 0.710. The molecule has 1 aromatic heterocycles. The molecular formula is C19H27N3O2. The summed E-state index contributed by atoms with van der Waals surface area (Å²) < 4.78 is 7.04. The molecule has 0 aliphatic heterocycles. The molecule has 2 rings (SSSR count). The first kappa shape index (κ1) is 18.2. The van der Waals surface area contributed by atoms with E-state index < -0.39 is 0 Å². The van der Waals surface area contributed by atoms with Crippen molar-refractivity contribution in [3.8, 4) is 0 Å². The van der Waals surface area contributed by atoms with E-state index in [1.54, 1.807) is 13.3 Å². The molecule has 130 valence electrons. The number of ether oxygens (including phenoxy) is 1. The normalized spacial score (nSPS) is 11.0. The Hall–Kier alpha value is -2.14. The van der Waals surface area contributed by atoms with Gasteiger partial charge in [-0.25, -0.2) is 0 Å². The van der Waals surface area contributed by atoms with Crippen molar-refractivity contribution in [3.05, 3.63) is 53.9 Å². The number of nitrogens with zero attached hydrogens (tertiary/aromatic N) is 3. The maximum atomic E-state index is 12.9. The van der Waals surface area contributed by atoms with Crippen LogP contribution in [0, 0.1) is 0 Å². The molecule has 0 N–H and O–H groups in total. The molecule has 5 nitrogen and oxygen atoms in total. The molecule has 0 fully saturated rings. The molecule has 0 spiro atoms. The van der Waals surface area contributed by atoms with Crippen LogP contribution in [0.15, 0.2) is 42.7 Å². The summed E-state index contributed by atoms with van der Waals surface area (Å²) in [6, 6.07) is 9.96. The van der Waals surface area contributed by atoms with Crippen molar-refractivity contribution in [3.63, 3.8) is 0 Å². The van der Waals surface area contributed by atoms with Crippen LogP contribution in [-0.4, -0.2) is 46.9 Å². The van der Waals surface area contributed by atoms with Gasteiger partial charge in [0.1, 0.15) is 0 Å². The summed E-state index contributed by atoms with van der Waals surface area (Å²) in [5.41, 5.74) is 1.85. The van der Waals surface area contributed by atoms with Crippen LogP contribution < -0.4 is 0 Å². The standard InChI is InChI=1S/C19H27N3O2/c1-4-18(5-2)22(13-14-24-3)19(23)17-9-7-16(8-10-17)15-21-12-6-11-20-21/h6-12,18H,4-5,13-15H2,1-3H3. The highest BCUT2D eigenvalue weighted by atomic mass is 16.5. The second-order valence-corrected chi connectivity index (χ2v) is 5.86. The first-order valence-corrected chi connectivity index (χ1v) is 8.55. The van der Waals surface area contributed by atoms with Crippen molar-refractivity contribution in [2.45, 2.75) is 39.3 Å². The molecule has 0 bridgehead atoms. The molecular weight excluding hydrogens is 302 g/mol. The van der Waals surface area contributed by atoms with Crippen LogP contribution >= 0.6 is 0 Å². The van der Waals surface area contributed by atoms with Gasteiger partial charge in [-0.15, -0.1) is 0 Å². The first-order valence-electron chi connectivity index (χ1n) is 8.55. The molecule has 0 unspecified atom stereocenters. The largest absolute Gasteiger partial charge is 0.383 e. The summed E-state index contributed by atoms with van der Waals surface area (Å²) in [7, 11) is 1.67. The topological polar surface area (TPSA) is 47.4 Å². The van der Waals surface area contributed by atoms with E-state index in [0.717, 1.165) is 24.0 Å². The van der Waals surface area contributed by atoms with E-state index in [9.17, 15) is 4.79 Å². The average Bonchev–Trinajstić information content (AvgIpc) is 3.12. The lowest BCUT2D eigenvalue weighted by Gasteiger charge is -2.30. The number of hydrogen-bond acceptors (Lipinski definition) is 3. The van der Waals surface area contributed by atoms with Gasteiger partial charge >= 0.3 is 0 Å². The van der Waals surface area contributed by atoms with E-state index in [0.29, 0.717) is 19.7 Å². The highest BCUT2D eigenvalue weighted by molar-refractivity contribution is 5.94. The molecule has 0 radical (unpaired) electrons. The molecule has 0 saturated carbocycles. The maximum absolute atomic E-state index is 12.9. The molecule has 0 saturated heterocycles. The zero-order chi connectivity index (χ0) is 17.4. The van der Waals surface area contributed by atoms with Crippen LogP contribution in [-0.2, 0) is 11.3 Å². The average molecular weight is 329 g/mol. The Balaban J connectivity index is 2.10. The molecule has 1 aromatic carbocycles. The van der Waals surface area contributed by atoms with Gasteiger partial charge in [0.25, 0.3) is 5.91 Å². The Morgan fingerprint density at radius 2 is 1.96 bits per heavy atom. The summed E-state index contributed by atoms with van der Waals surface area (Å²) in [6.07, 6.45) is 5.59. The Labute approximate surface area is 144 Å². The van der Waals surface area contributed by atoms with E-state index in [4.69, 9.17) is 4.74 Å². The molecule has 24 heavy (non-hydrogen) atoms. The highest BCUT2D eigenvalue weighted by Crippen LogP contribution is 2.15. The number of rotatable bonds is 9. The number of methoxy groups -OCH3 is 1. The second-order valence-electron chi connectivity index (χ2n) is 5.86. The smallest absolute Gasteiger partial charge is 0.254 e. The van der Waals surface area contributed by atoms with Gasteiger partial charge in [0, 0.05) is 37.7 Å². The van der Waals surface area contributed by atoms with Crippen molar-refractivity contribution >= 4 is 5.91 Å². The van der Waals surface area contributed by atoms with Crippen molar-refractivity contribution in [1.29, 1.82) is 0 Å². The summed E-state index contributed by atoms with van der Waals surface area (Å²) >= 11 is 0. The van der Waals surface area contributed by atoms with Crippen LogP contribution in [0.1, 0.15) is 42.6 Å². The summed E-state index contributed by atoms with van der Waals surface area (Å²) in [4.78, 5) is 14.8. The molecule has 5 heteroatoms. The van der Waals surface area contributed by atoms with Gasteiger partial charge in [-0.1, -0.05) is 26.0 Å². The predicted molar refractivity (Wildman–Crippen MR) is 95.1 cm³/mol. The fraction of sp³-hybridized carbons (Fsp3) is 0.474. The lowest BCUT2D eigenvalue weighted by molar-refractivity contribution is 0.0589. The molecule has 2 aromatic rings. The number of aromatic nitrogens is 2. The van der Waals surface area contributed by atoms with Gasteiger partial charge in [0.15, 0.2) is 0 Å². The Kier molecular flexibility index (Phi) is 7.00. The van der Waals surface area contributed by atoms with Crippen LogP contribution in [0.2, 0.25) is 0 Å². The fourth-order valence-electron chi connectivity index (χ4n) is 2.87. The SMILES string of the molecule is CCC(CC)N(CCOC)C(=O)c1ccc(Cn2cccn2)cc1. The number of carbonyl (C=O) groups is 1. The fourth-order valence-corrected chi connectivity index (χ4v) is 2.87. The van der Waals surface area contributed by atoms with Crippen molar-refractivity contribution < 1.29 is 9.53 Å². The summed E-state index contributed by atoms with van der Waals surface area (Å²) in [5.74, 6) is 0.0754. The zero-order valence-corrected chi connectivity index (χ0v) is 14.8. The van der Waals surface area contributed by atoms with E-state index in [2.05, 4.69) is 18.9 Å². The van der Waals surface area contributed by atoms with Crippen LogP contribution in [0.4, 0.5) is 0 Å². The van der Waals surface area contributed by atoms with Crippen LogP contribution in [0.5, 0.6) is 0 Å². The van der Waals surface area contributed by atoms with E-state index in [1.807, 2.05) is 46.1 Å². The minimum absolute atomic E-state index is 0.0754. The Morgan fingerprint density at radius 3 is 2.50 bits per heavy atom. The minimum Gasteiger partial charge on any atom is -0.383 e. The molecule has 0 atom stereocenters. The zero-order valence-electron chi connectivity index (χ0n) is 14.8. The van der Waals surface area contributed by atoms with E-state index >= 15 is 0 Å². The first-order chi connectivity index (χ1) is 11.7. The van der Waals surface area contributed by atoms with Crippen LogP contribution in [0.25, 0.3) is 0 Å². The van der Waals surface area contributed by atoms with Gasteiger partial charge in [-0.3, -0.25) is 9.48 Å². The van der Waals surface area contributed by atoms with Gasteiger partial charge in [-0.2, -0.15) is 5.10 Å². The second kappa shape index (κ2) is 9.23. The summed E-state index contributed by atoms with van der Waals surface area (Å²) in [5, 5.41) is 4.20. The lowest BCUT2D eigenvalue weighted by atomic mass is 10.1. The maximum Gasteiger partial charge on any atom is 0.254 e.